The molecule has 0 aliphatic heterocycles. The lowest BCUT2D eigenvalue weighted by Crippen LogP contribution is -2.04. The summed E-state index contributed by atoms with van der Waals surface area (Å²) in [6, 6.07) is 7.07. The second kappa shape index (κ2) is 7.59. The Balaban J connectivity index is 0.000000491. The fourth-order valence-electron chi connectivity index (χ4n) is 1.77. The summed E-state index contributed by atoms with van der Waals surface area (Å²) < 4.78 is 4.90. The van der Waals surface area contributed by atoms with Gasteiger partial charge in [-0.3, -0.25) is 9.59 Å². The van der Waals surface area contributed by atoms with Crippen molar-refractivity contribution < 1.29 is 19.1 Å². The van der Waals surface area contributed by atoms with Crippen LogP contribution >= 0.6 is 11.6 Å². The van der Waals surface area contributed by atoms with E-state index in [1.165, 1.54) is 13.8 Å². The van der Waals surface area contributed by atoms with Gasteiger partial charge in [0.2, 0.25) is 5.24 Å². The van der Waals surface area contributed by atoms with Crippen LogP contribution in [0.5, 0.6) is 0 Å². The number of carbonyl (C=O) groups excluding carboxylic acids is 3. The molecule has 0 atom stereocenters. The third-order valence-electron chi connectivity index (χ3n) is 2.53. The lowest BCUT2D eigenvalue weighted by Gasteiger charge is -1.98. The molecule has 0 unspecified atom stereocenters. The van der Waals surface area contributed by atoms with Crippen molar-refractivity contribution in [2.75, 3.05) is 6.61 Å². The van der Waals surface area contributed by atoms with E-state index in [-0.39, 0.29) is 11.0 Å². The number of para-hydroxylation sites is 1. The van der Waals surface area contributed by atoms with E-state index in [0.29, 0.717) is 23.4 Å². The number of fused-ring (bicyclic) bond motifs is 1. The number of esters is 1. The minimum atomic E-state index is -0.404. The minimum absolute atomic E-state index is 0.0344. The molecule has 1 heterocycles. The van der Waals surface area contributed by atoms with Crippen LogP contribution in [0.2, 0.25) is 0 Å². The van der Waals surface area contributed by atoms with Crippen LogP contribution in [0.1, 0.15) is 41.6 Å². The van der Waals surface area contributed by atoms with E-state index >= 15 is 0 Å². The molecule has 1 N–H and O–H groups in total. The second-order valence-electron chi connectivity index (χ2n) is 4.20. The number of H-pyrrole nitrogens is 1. The predicted molar refractivity (Wildman–Crippen MR) is 80.8 cm³/mol. The number of aromatic amines is 1. The first-order valence-electron chi connectivity index (χ1n) is 6.32. The Labute approximate surface area is 127 Å². The van der Waals surface area contributed by atoms with E-state index in [4.69, 9.17) is 4.74 Å². The van der Waals surface area contributed by atoms with E-state index in [2.05, 4.69) is 16.6 Å². The number of aromatic nitrogens is 1. The summed E-state index contributed by atoms with van der Waals surface area (Å²) in [5.41, 5.74) is 1.64. The number of ether oxygens (including phenoxy) is 1. The van der Waals surface area contributed by atoms with Crippen molar-refractivity contribution >= 4 is 39.5 Å². The second-order valence-corrected chi connectivity index (χ2v) is 4.73. The molecule has 0 aliphatic rings. The van der Waals surface area contributed by atoms with Crippen LogP contribution in [-0.4, -0.2) is 28.6 Å². The number of halogens is 1. The van der Waals surface area contributed by atoms with Crippen LogP contribution < -0.4 is 0 Å². The average molecular weight is 310 g/mol. The van der Waals surface area contributed by atoms with Crippen LogP contribution in [0, 0.1) is 0 Å². The van der Waals surface area contributed by atoms with Gasteiger partial charge in [0, 0.05) is 17.9 Å². The first-order valence-corrected chi connectivity index (χ1v) is 6.70. The highest BCUT2D eigenvalue weighted by Gasteiger charge is 2.13. The van der Waals surface area contributed by atoms with Crippen LogP contribution in [0.4, 0.5) is 0 Å². The standard InChI is InChI=1S/C13H13NO3.C2H3ClO/c1-3-17-13(16)11-7-9-5-4-6-10(8(2)15)12(9)14-11;1-2(3)4/h4-7,14H,3H2,1-2H3;1H3. The highest BCUT2D eigenvalue weighted by molar-refractivity contribution is 6.62. The molecule has 0 amide bonds. The smallest absolute Gasteiger partial charge is 0.354 e. The summed E-state index contributed by atoms with van der Waals surface area (Å²) >= 11 is 4.64. The quantitative estimate of drug-likeness (QED) is 0.536. The van der Waals surface area contributed by atoms with E-state index < -0.39 is 5.97 Å². The van der Waals surface area contributed by atoms with Crippen LogP contribution in [0.3, 0.4) is 0 Å². The van der Waals surface area contributed by atoms with Gasteiger partial charge in [0.25, 0.3) is 0 Å². The van der Waals surface area contributed by atoms with Crippen LogP contribution in [-0.2, 0) is 9.53 Å². The molecule has 5 nitrogen and oxygen atoms in total. The molecule has 6 heteroatoms. The molecule has 0 fully saturated rings. The predicted octanol–water partition coefficient (Wildman–Crippen LogP) is 3.32. The van der Waals surface area contributed by atoms with Gasteiger partial charge in [-0.1, -0.05) is 12.1 Å². The van der Waals surface area contributed by atoms with Gasteiger partial charge in [-0.15, -0.1) is 0 Å². The van der Waals surface area contributed by atoms with Crippen molar-refractivity contribution in [2.45, 2.75) is 20.8 Å². The van der Waals surface area contributed by atoms with E-state index in [0.717, 1.165) is 5.39 Å². The third kappa shape index (κ3) is 4.72. The number of hydrogen-bond donors (Lipinski definition) is 1. The maximum Gasteiger partial charge on any atom is 0.354 e. The highest BCUT2D eigenvalue weighted by atomic mass is 35.5. The molecule has 21 heavy (non-hydrogen) atoms. The summed E-state index contributed by atoms with van der Waals surface area (Å²) in [4.78, 5) is 35.1. The highest BCUT2D eigenvalue weighted by Crippen LogP contribution is 2.20. The molecule has 0 spiro atoms. The average Bonchev–Trinajstić information content (AvgIpc) is 2.81. The van der Waals surface area contributed by atoms with Crippen molar-refractivity contribution in [3.05, 3.63) is 35.5 Å². The normalized spacial score (nSPS) is 9.71. The molecule has 0 saturated carbocycles. The fourth-order valence-corrected chi connectivity index (χ4v) is 1.77. The summed E-state index contributed by atoms with van der Waals surface area (Å²) in [7, 11) is 0. The van der Waals surface area contributed by atoms with Gasteiger partial charge in [0.1, 0.15) is 5.69 Å². The molecule has 1 aromatic carbocycles. The Bertz CT molecular complexity index is 671. The zero-order chi connectivity index (χ0) is 16.0. The van der Waals surface area contributed by atoms with Crippen LogP contribution in [0.25, 0.3) is 10.9 Å². The Morgan fingerprint density at radius 1 is 1.24 bits per heavy atom. The molecule has 0 bridgehead atoms. The van der Waals surface area contributed by atoms with Gasteiger partial charge >= 0.3 is 5.97 Å². The third-order valence-corrected chi connectivity index (χ3v) is 2.53. The molecule has 0 aliphatic carbocycles. The monoisotopic (exact) mass is 309 g/mol. The summed E-state index contributed by atoms with van der Waals surface area (Å²) in [5.74, 6) is -0.439. The number of nitrogens with one attached hydrogen (secondary N) is 1. The largest absolute Gasteiger partial charge is 0.461 e. The SMILES string of the molecule is CC(=O)Cl.CCOC(=O)c1cc2cccc(C(C)=O)c2[nH]1. The Morgan fingerprint density at radius 2 is 1.86 bits per heavy atom. The summed E-state index contributed by atoms with van der Waals surface area (Å²) in [5, 5.41) is 0.473. The lowest BCUT2D eigenvalue weighted by atomic mass is 10.1. The summed E-state index contributed by atoms with van der Waals surface area (Å²) in [6.07, 6.45) is 0. The van der Waals surface area contributed by atoms with Gasteiger partial charge in [-0.2, -0.15) is 0 Å². The van der Waals surface area contributed by atoms with Gasteiger partial charge in [-0.25, -0.2) is 4.79 Å². The van der Waals surface area contributed by atoms with Crippen molar-refractivity contribution in [3.8, 4) is 0 Å². The Kier molecular flexibility index (Phi) is 6.11. The van der Waals surface area contributed by atoms with Gasteiger partial charge in [0.15, 0.2) is 5.78 Å². The van der Waals surface area contributed by atoms with Gasteiger partial charge < -0.3 is 9.72 Å². The lowest BCUT2D eigenvalue weighted by molar-refractivity contribution is -0.109. The molecular formula is C15H16ClNO4. The number of carbonyl (C=O) groups is 3. The van der Waals surface area contributed by atoms with E-state index in [1.807, 2.05) is 6.07 Å². The Morgan fingerprint density at radius 3 is 2.38 bits per heavy atom. The van der Waals surface area contributed by atoms with Crippen molar-refractivity contribution in [1.29, 1.82) is 0 Å². The van der Waals surface area contributed by atoms with Crippen LogP contribution in [0.15, 0.2) is 24.3 Å². The molecule has 2 aromatic rings. The molecule has 0 radical (unpaired) electrons. The van der Waals surface area contributed by atoms with Gasteiger partial charge in [0.05, 0.1) is 12.1 Å². The number of Topliss-reactive ketones (excluding diaryl/α,β-unsaturated/α-hetero) is 1. The molecule has 112 valence electrons. The number of ketones is 1. The van der Waals surface area contributed by atoms with Crippen molar-refractivity contribution in [2.24, 2.45) is 0 Å². The van der Waals surface area contributed by atoms with Crippen molar-refractivity contribution in [3.63, 3.8) is 0 Å². The fraction of sp³-hybridized carbons (Fsp3) is 0.267. The first kappa shape index (κ1) is 16.9. The molecule has 2 rings (SSSR count). The van der Waals surface area contributed by atoms with Gasteiger partial charge in [-0.05, 0) is 37.6 Å². The topological polar surface area (TPSA) is 76.2 Å². The first-order chi connectivity index (χ1) is 9.86. The minimum Gasteiger partial charge on any atom is -0.461 e. The Hall–Kier alpha value is -2.14. The zero-order valence-corrected chi connectivity index (χ0v) is 12.8. The maximum atomic E-state index is 11.6. The molecule has 0 saturated heterocycles. The molecular weight excluding hydrogens is 294 g/mol. The maximum absolute atomic E-state index is 11.6. The van der Waals surface area contributed by atoms with Crippen molar-refractivity contribution in [1.82, 2.24) is 4.98 Å². The number of hydrogen-bond acceptors (Lipinski definition) is 4. The summed E-state index contributed by atoms with van der Waals surface area (Å²) in [6.45, 7) is 4.87. The number of benzene rings is 1. The molecule has 1 aromatic heterocycles. The van der Waals surface area contributed by atoms with E-state index in [1.54, 1.807) is 25.1 Å². The zero-order valence-electron chi connectivity index (χ0n) is 12.0. The number of rotatable bonds is 3. The van der Waals surface area contributed by atoms with E-state index in [9.17, 15) is 14.4 Å².